The fraction of sp³-hybridized carbons (Fsp3) is 0.190. The maximum Gasteiger partial charge on any atom is 0.256 e. The second-order valence-corrected chi connectivity index (χ2v) is 6.58. The number of H-pyrrole nitrogens is 1. The number of aromatic amines is 1. The fourth-order valence-electron chi connectivity index (χ4n) is 3.58. The Morgan fingerprint density at radius 3 is 2.85 bits per heavy atom. The summed E-state index contributed by atoms with van der Waals surface area (Å²) in [5, 5.41) is 0. The first kappa shape index (κ1) is 16.3. The van der Waals surface area contributed by atoms with E-state index in [9.17, 15) is 9.59 Å². The van der Waals surface area contributed by atoms with Gasteiger partial charge in [-0.3, -0.25) is 14.6 Å². The predicted molar refractivity (Wildman–Crippen MR) is 99.1 cm³/mol. The standard InChI is InChI=1S/C21H19N3O2/c1-14-4-6-18-15(11-14)8-10-24(20(18)16-3-2-9-22-12-16)21(26)17-5-7-19(25)23-13-17/h2-7,9,11-13,20H,8,10H2,1H3,(H,23,25). The van der Waals surface area contributed by atoms with Gasteiger partial charge in [-0.15, -0.1) is 0 Å². The molecule has 1 N–H and O–H groups in total. The molecule has 0 spiro atoms. The van der Waals surface area contributed by atoms with Gasteiger partial charge in [0.25, 0.3) is 5.91 Å². The van der Waals surface area contributed by atoms with Gasteiger partial charge in [0.05, 0.1) is 11.6 Å². The van der Waals surface area contributed by atoms with Crippen LogP contribution >= 0.6 is 0 Å². The number of hydrogen-bond acceptors (Lipinski definition) is 3. The van der Waals surface area contributed by atoms with Gasteiger partial charge in [0.2, 0.25) is 5.56 Å². The Morgan fingerprint density at radius 2 is 2.12 bits per heavy atom. The van der Waals surface area contributed by atoms with Crippen LogP contribution in [0.4, 0.5) is 0 Å². The molecule has 130 valence electrons. The highest BCUT2D eigenvalue weighted by Crippen LogP contribution is 2.36. The van der Waals surface area contributed by atoms with E-state index in [2.05, 4.69) is 35.1 Å². The van der Waals surface area contributed by atoms with Crippen molar-refractivity contribution in [2.75, 3.05) is 6.54 Å². The highest BCUT2D eigenvalue weighted by Gasteiger charge is 2.32. The Bertz CT molecular complexity index is 991. The lowest BCUT2D eigenvalue weighted by molar-refractivity contribution is 0.0694. The van der Waals surface area contributed by atoms with Crippen molar-refractivity contribution in [2.45, 2.75) is 19.4 Å². The van der Waals surface area contributed by atoms with Crippen LogP contribution in [0.25, 0.3) is 0 Å². The van der Waals surface area contributed by atoms with Gasteiger partial charge in [-0.05, 0) is 42.2 Å². The molecule has 1 unspecified atom stereocenters. The van der Waals surface area contributed by atoms with E-state index in [4.69, 9.17) is 0 Å². The van der Waals surface area contributed by atoms with E-state index >= 15 is 0 Å². The number of carbonyl (C=O) groups is 1. The molecule has 26 heavy (non-hydrogen) atoms. The summed E-state index contributed by atoms with van der Waals surface area (Å²) >= 11 is 0. The summed E-state index contributed by atoms with van der Waals surface area (Å²) in [5.74, 6) is -0.0960. The number of nitrogens with zero attached hydrogens (tertiary/aromatic N) is 2. The molecular weight excluding hydrogens is 326 g/mol. The monoisotopic (exact) mass is 345 g/mol. The predicted octanol–water partition coefficient (Wildman–Crippen LogP) is 2.87. The van der Waals surface area contributed by atoms with Gasteiger partial charge in [0.15, 0.2) is 0 Å². The molecule has 1 amide bonds. The smallest absolute Gasteiger partial charge is 0.256 e. The normalized spacial score (nSPS) is 16.2. The number of aromatic nitrogens is 2. The first-order valence-electron chi connectivity index (χ1n) is 8.62. The summed E-state index contributed by atoms with van der Waals surface area (Å²) in [7, 11) is 0. The lowest BCUT2D eigenvalue weighted by Crippen LogP contribution is -2.40. The first-order chi connectivity index (χ1) is 12.6. The van der Waals surface area contributed by atoms with E-state index < -0.39 is 0 Å². The Morgan fingerprint density at radius 1 is 1.23 bits per heavy atom. The van der Waals surface area contributed by atoms with Gasteiger partial charge in [-0.1, -0.05) is 29.8 Å². The maximum absolute atomic E-state index is 13.2. The van der Waals surface area contributed by atoms with Crippen molar-refractivity contribution < 1.29 is 4.79 Å². The minimum atomic E-state index is -0.218. The summed E-state index contributed by atoms with van der Waals surface area (Å²) in [6, 6.07) is 13.0. The number of pyridine rings is 2. The van der Waals surface area contributed by atoms with Gasteiger partial charge >= 0.3 is 0 Å². The number of hydrogen-bond donors (Lipinski definition) is 1. The molecule has 3 aromatic rings. The lowest BCUT2D eigenvalue weighted by Gasteiger charge is -2.37. The molecule has 4 rings (SSSR count). The van der Waals surface area contributed by atoms with E-state index in [1.807, 2.05) is 23.2 Å². The first-order valence-corrected chi connectivity index (χ1v) is 8.62. The molecule has 5 heteroatoms. The number of rotatable bonds is 2. The van der Waals surface area contributed by atoms with Gasteiger partial charge in [-0.25, -0.2) is 0 Å². The molecule has 1 aliphatic heterocycles. The molecule has 5 nitrogen and oxygen atoms in total. The van der Waals surface area contributed by atoms with Crippen LogP contribution < -0.4 is 5.56 Å². The van der Waals surface area contributed by atoms with Gasteiger partial charge in [-0.2, -0.15) is 0 Å². The van der Waals surface area contributed by atoms with E-state index in [1.54, 1.807) is 12.3 Å². The van der Waals surface area contributed by atoms with Crippen LogP contribution in [0.1, 0.15) is 38.7 Å². The molecule has 0 saturated carbocycles. The van der Waals surface area contributed by atoms with Crippen LogP contribution in [0, 0.1) is 6.92 Å². The van der Waals surface area contributed by atoms with E-state index in [0.29, 0.717) is 12.1 Å². The molecule has 0 bridgehead atoms. The summed E-state index contributed by atoms with van der Waals surface area (Å²) in [4.78, 5) is 33.2. The van der Waals surface area contributed by atoms with E-state index in [0.717, 1.165) is 17.5 Å². The zero-order chi connectivity index (χ0) is 18.1. The van der Waals surface area contributed by atoms with Crippen molar-refractivity contribution in [2.24, 2.45) is 0 Å². The molecule has 0 fully saturated rings. The summed E-state index contributed by atoms with van der Waals surface area (Å²) in [5.41, 5.74) is 4.86. The third kappa shape index (κ3) is 2.92. The summed E-state index contributed by atoms with van der Waals surface area (Å²) in [6.07, 6.45) is 5.84. The van der Waals surface area contributed by atoms with E-state index in [-0.39, 0.29) is 17.5 Å². The molecule has 2 aromatic heterocycles. The molecule has 1 aromatic carbocycles. The van der Waals surface area contributed by atoms with E-state index in [1.165, 1.54) is 23.4 Å². The van der Waals surface area contributed by atoms with Crippen LogP contribution in [-0.4, -0.2) is 27.3 Å². The molecule has 0 saturated heterocycles. The molecule has 1 aliphatic rings. The van der Waals surface area contributed by atoms with Crippen LogP contribution in [0.15, 0.2) is 65.8 Å². The molecule has 0 aliphatic carbocycles. The summed E-state index contributed by atoms with van der Waals surface area (Å²) in [6.45, 7) is 2.70. The molecule has 1 atom stereocenters. The number of aryl methyl sites for hydroxylation is 1. The SMILES string of the molecule is Cc1ccc2c(c1)CCN(C(=O)c1ccc(=O)[nH]c1)C2c1cccnc1. The van der Waals surface area contributed by atoms with Crippen LogP contribution in [0.2, 0.25) is 0 Å². The van der Waals surface area contributed by atoms with Crippen molar-refractivity contribution in [3.05, 3.63) is 99.2 Å². The molecular formula is C21H19N3O2. The quantitative estimate of drug-likeness (QED) is 0.777. The Balaban J connectivity index is 1.80. The maximum atomic E-state index is 13.2. The van der Waals surface area contributed by atoms with Crippen LogP contribution in [0.3, 0.4) is 0 Å². The van der Waals surface area contributed by atoms with Crippen molar-refractivity contribution in [1.29, 1.82) is 0 Å². The second kappa shape index (κ2) is 6.59. The number of benzene rings is 1. The number of nitrogens with one attached hydrogen (secondary N) is 1. The molecule has 3 heterocycles. The van der Waals surface area contributed by atoms with Crippen molar-refractivity contribution in [3.8, 4) is 0 Å². The Hall–Kier alpha value is -3.21. The zero-order valence-electron chi connectivity index (χ0n) is 14.5. The minimum Gasteiger partial charge on any atom is -0.328 e. The van der Waals surface area contributed by atoms with Crippen molar-refractivity contribution >= 4 is 5.91 Å². The Labute approximate surface area is 151 Å². The average Bonchev–Trinajstić information content (AvgIpc) is 2.67. The molecule has 0 radical (unpaired) electrons. The van der Waals surface area contributed by atoms with Crippen LogP contribution in [0.5, 0.6) is 0 Å². The largest absolute Gasteiger partial charge is 0.328 e. The van der Waals surface area contributed by atoms with Gasteiger partial charge in [0, 0.05) is 31.2 Å². The van der Waals surface area contributed by atoms with Gasteiger partial charge in [0.1, 0.15) is 0 Å². The van der Waals surface area contributed by atoms with Gasteiger partial charge < -0.3 is 9.88 Å². The Kier molecular flexibility index (Phi) is 4.13. The van der Waals surface area contributed by atoms with Crippen LogP contribution in [-0.2, 0) is 6.42 Å². The highest BCUT2D eigenvalue weighted by atomic mass is 16.2. The van der Waals surface area contributed by atoms with Crippen molar-refractivity contribution in [1.82, 2.24) is 14.9 Å². The number of amides is 1. The average molecular weight is 345 g/mol. The fourth-order valence-corrected chi connectivity index (χ4v) is 3.58. The second-order valence-electron chi connectivity index (χ2n) is 6.58. The highest BCUT2D eigenvalue weighted by molar-refractivity contribution is 5.94. The number of carbonyl (C=O) groups excluding carboxylic acids is 1. The topological polar surface area (TPSA) is 66.1 Å². The lowest BCUT2D eigenvalue weighted by atomic mass is 9.87. The minimum absolute atomic E-state index is 0.0960. The number of fused-ring (bicyclic) bond motifs is 1. The zero-order valence-corrected chi connectivity index (χ0v) is 14.5. The summed E-state index contributed by atoms with van der Waals surface area (Å²) < 4.78 is 0. The third-order valence-electron chi connectivity index (χ3n) is 4.82. The third-order valence-corrected chi connectivity index (χ3v) is 4.82. The van der Waals surface area contributed by atoms with Crippen molar-refractivity contribution in [3.63, 3.8) is 0 Å².